The second-order valence-electron chi connectivity index (χ2n) is 4.99. The van der Waals surface area contributed by atoms with Gasteiger partial charge < -0.3 is 10.6 Å². The predicted octanol–water partition coefficient (Wildman–Crippen LogP) is 4.32. The number of hydrogen-bond donors (Lipinski definition) is 2. The van der Waals surface area contributed by atoms with E-state index in [1.54, 1.807) is 30.3 Å². The average Bonchev–Trinajstić information content (AvgIpc) is 2.42. The maximum Gasteiger partial charge on any atom is 0.420 e. The lowest BCUT2D eigenvalue weighted by atomic mass is 9.94. The highest BCUT2D eigenvalue weighted by atomic mass is 19.4. The van der Waals surface area contributed by atoms with Gasteiger partial charge in [-0.3, -0.25) is 0 Å². The first-order valence-corrected chi connectivity index (χ1v) is 6.71. The van der Waals surface area contributed by atoms with Gasteiger partial charge in [-0.2, -0.15) is 26.3 Å². The van der Waals surface area contributed by atoms with Gasteiger partial charge in [-0.05, 0) is 18.9 Å². The van der Waals surface area contributed by atoms with Crippen LogP contribution in [0.3, 0.4) is 0 Å². The molecular formula is C14H16F6N2O. The van der Waals surface area contributed by atoms with Gasteiger partial charge in [0.15, 0.2) is 0 Å². The van der Waals surface area contributed by atoms with Gasteiger partial charge in [0.05, 0.1) is 6.04 Å². The molecule has 0 fully saturated rings. The van der Waals surface area contributed by atoms with Gasteiger partial charge in [0.1, 0.15) is 0 Å². The first-order chi connectivity index (χ1) is 10.4. The van der Waals surface area contributed by atoms with Crippen molar-refractivity contribution in [3.05, 3.63) is 35.9 Å². The highest BCUT2D eigenvalue weighted by Gasteiger charge is 2.70. The van der Waals surface area contributed by atoms with Crippen molar-refractivity contribution < 1.29 is 31.1 Å². The Morgan fingerprint density at radius 1 is 1.04 bits per heavy atom. The summed E-state index contributed by atoms with van der Waals surface area (Å²) in [7, 11) is 0. The van der Waals surface area contributed by atoms with Crippen molar-refractivity contribution in [2.45, 2.75) is 44.2 Å². The monoisotopic (exact) mass is 342 g/mol. The number of urea groups is 1. The Balaban J connectivity index is 2.95. The second kappa shape index (κ2) is 6.67. The fourth-order valence-electron chi connectivity index (χ4n) is 2.04. The van der Waals surface area contributed by atoms with Crippen molar-refractivity contribution in [3.8, 4) is 0 Å². The van der Waals surface area contributed by atoms with Gasteiger partial charge in [0.2, 0.25) is 5.54 Å². The van der Waals surface area contributed by atoms with Crippen LogP contribution in [0.1, 0.15) is 31.9 Å². The van der Waals surface area contributed by atoms with Crippen LogP contribution in [0.4, 0.5) is 31.1 Å². The molecule has 0 saturated carbocycles. The van der Waals surface area contributed by atoms with E-state index in [0.29, 0.717) is 12.5 Å². The molecule has 1 aromatic carbocycles. The Morgan fingerprint density at radius 2 is 1.52 bits per heavy atom. The normalized spacial score (nSPS) is 14.3. The Kier molecular flexibility index (Phi) is 5.55. The van der Waals surface area contributed by atoms with Crippen LogP contribution in [0.15, 0.2) is 30.3 Å². The van der Waals surface area contributed by atoms with E-state index in [-0.39, 0.29) is 0 Å². The molecule has 3 nitrogen and oxygen atoms in total. The van der Waals surface area contributed by atoms with Crippen LogP contribution in [-0.4, -0.2) is 23.9 Å². The summed E-state index contributed by atoms with van der Waals surface area (Å²) in [4.78, 5) is 11.7. The fraction of sp³-hybridized carbons (Fsp3) is 0.500. The molecule has 0 bridgehead atoms. The summed E-state index contributed by atoms with van der Waals surface area (Å²) < 4.78 is 77.6. The molecule has 2 amide bonds. The predicted molar refractivity (Wildman–Crippen MR) is 71.7 cm³/mol. The number of hydrogen-bond acceptors (Lipinski definition) is 1. The highest BCUT2D eigenvalue weighted by Crippen LogP contribution is 2.45. The van der Waals surface area contributed by atoms with Crippen LogP contribution in [0.25, 0.3) is 0 Å². The molecule has 0 aliphatic rings. The number of amides is 2. The molecule has 0 spiro atoms. The third-order valence-electron chi connectivity index (χ3n) is 3.47. The third kappa shape index (κ3) is 4.08. The Bertz CT molecular complexity index is 512. The number of halogens is 6. The topological polar surface area (TPSA) is 41.1 Å². The van der Waals surface area contributed by atoms with E-state index in [9.17, 15) is 31.1 Å². The van der Waals surface area contributed by atoms with Gasteiger partial charge in [-0.15, -0.1) is 0 Å². The van der Waals surface area contributed by atoms with E-state index < -0.39 is 36.4 Å². The van der Waals surface area contributed by atoms with Crippen LogP contribution in [-0.2, 0) is 0 Å². The van der Waals surface area contributed by atoms with E-state index in [2.05, 4.69) is 5.32 Å². The fourth-order valence-corrected chi connectivity index (χ4v) is 2.04. The minimum Gasteiger partial charge on any atom is -0.332 e. The van der Waals surface area contributed by atoms with Crippen LogP contribution in [0, 0.1) is 0 Å². The maximum absolute atomic E-state index is 12.9. The first-order valence-electron chi connectivity index (χ1n) is 6.71. The highest BCUT2D eigenvalue weighted by molar-refractivity contribution is 5.75. The summed E-state index contributed by atoms with van der Waals surface area (Å²) in [5.41, 5.74) is -3.75. The zero-order valence-electron chi connectivity index (χ0n) is 12.3. The SMILES string of the molecule is CCC(NC(=O)N[C@@H](C)c1ccccc1)(C(F)(F)F)C(F)(F)F. The molecule has 0 aromatic heterocycles. The lowest BCUT2D eigenvalue weighted by molar-refractivity contribution is -0.304. The van der Waals surface area contributed by atoms with E-state index in [1.165, 1.54) is 6.92 Å². The molecule has 9 heteroatoms. The molecule has 130 valence electrons. The summed E-state index contributed by atoms with van der Waals surface area (Å²) in [6.45, 7) is 2.16. The second-order valence-corrected chi connectivity index (χ2v) is 4.99. The van der Waals surface area contributed by atoms with Crippen LogP contribution < -0.4 is 10.6 Å². The lowest BCUT2D eigenvalue weighted by Crippen LogP contribution is -2.68. The van der Waals surface area contributed by atoms with E-state index in [4.69, 9.17) is 0 Å². The number of carbonyl (C=O) groups excluding carboxylic acids is 1. The van der Waals surface area contributed by atoms with E-state index in [1.807, 2.05) is 0 Å². The minimum atomic E-state index is -5.67. The number of benzene rings is 1. The summed E-state index contributed by atoms with van der Waals surface area (Å²) in [6.07, 6.45) is -12.7. The molecule has 1 rings (SSSR count). The number of nitrogens with one attached hydrogen (secondary N) is 2. The summed E-state index contributed by atoms with van der Waals surface area (Å²) in [6, 6.07) is 5.83. The average molecular weight is 342 g/mol. The quantitative estimate of drug-likeness (QED) is 0.786. The van der Waals surface area contributed by atoms with Gasteiger partial charge >= 0.3 is 18.4 Å². The summed E-state index contributed by atoms with van der Waals surface area (Å²) >= 11 is 0. The first kappa shape index (κ1) is 19.1. The molecule has 2 N–H and O–H groups in total. The maximum atomic E-state index is 12.9. The van der Waals surface area contributed by atoms with Crippen LogP contribution in [0.5, 0.6) is 0 Å². The summed E-state index contributed by atoms with van der Waals surface area (Å²) in [5, 5.41) is 3.14. The zero-order valence-corrected chi connectivity index (χ0v) is 12.3. The van der Waals surface area contributed by atoms with Crippen LogP contribution >= 0.6 is 0 Å². The Hall–Kier alpha value is -1.93. The molecule has 0 saturated heterocycles. The summed E-state index contributed by atoms with van der Waals surface area (Å²) in [5.74, 6) is 0. The van der Waals surface area contributed by atoms with Gasteiger partial charge in [0.25, 0.3) is 0 Å². The number of rotatable bonds is 4. The molecule has 0 aliphatic carbocycles. The molecule has 1 aromatic rings. The van der Waals surface area contributed by atoms with Crippen molar-refractivity contribution in [1.29, 1.82) is 0 Å². The molecule has 0 aliphatic heterocycles. The van der Waals surface area contributed by atoms with E-state index >= 15 is 0 Å². The smallest absolute Gasteiger partial charge is 0.332 e. The van der Waals surface area contributed by atoms with Gasteiger partial charge in [0, 0.05) is 0 Å². The van der Waals surface area contributed by atoms with Crippen molar-refractivity contribution in [2.24, 2.45) is 0 Å². The van der Waals surface area contributed by atoms with Crippen molar-refractivity contribution in [2.75, 3.05) is 0 Å². The molecule has 23 heavy (non-hydrogen) atoms. The van der Waals surface area contributed by atoms with Crippen molar-refractivity contribution in [3.63, 3.8) is 0 Å². The standard InChI is InChI=1S/C14H16F6N2O/c1-3-12(13(15,16)17,14(18,19)20)22-11(23)21-9(2)10-7-5-4-6-8-10/h4-9H,3H2,1-2H3,(H2,21,22,23)/t9-/m0/s1. The third-order valence-corrected chi connectivity index (χ3v) is 3.47. The lowest BCUT2D eigenvalue weighted by Gasteiger charge is -2.37. The van der Waals surface area contributed by atoms with Crippen molar-refractivity contribution in [1.82, 2.24) is 10.6 Å². The molecular weight excluding hydrogens is 326 g/mol. The Morgan fingerprint density at radius 3 is 1.91 bits per heavy atom. The molecule has 0 radical (unpaired) electrons. The number of carbonyl (C=O) groups is 1. The Labute approximate surface area is 129 Å². The van der Waals surface area contributed by atoms with Crippen molar-refractivity contribution >= 4 is 6.03 Å². The van der Waals surface area contributed by atoms with Gasteiger partial charge in [-0.1, -0.05) is 37.3 Å². The molecule has 0 heterocycles. The van der Waals surface area contributed by atoms with Gasteiger partial charge in [-0.25, -0.2) is 4.79 Å². The number of alkyl halides is 6. The van der Waals surface area contributed by atoms with Crippen LogP contribution in [0.2, 0.25) is 0 Å². The minimum absolute atomic E-state index is 0.545. The molecule has 1 atom stereocenters. The molecule has 0 unspecified atom stereocenters. The zero-order chi connectivity index (χ0) is 17.9. The largest absolute Gasteiger partial charge is 0.420 e. The van der Waals surface area contributed by atoms with E-state index in [0.717, 1.165) is 5.32 Å².